The van der Waals surface area contributed by atoms with Crippen LogP contribution in [-0.2, 0) is 35.0 Å². The highest BCUT2D eigenvalue weighted by atomic mass is 32.2. The highest BCUT2D eigenvalue weighted by molar-refractivity contribution is 7.86. The van der Waals surface area contributed by atoms with Crippen molar-refractivity contribution >= 4 is 49.2 Å². The minimum atomic E-state index is -3.52. The molecule has 0 aliphatic heterocycles. The van der Waals surface area contributed by atoms with Crippen molar-refractivity contribution in [3.8, 4) is 11.3 Å². The molecule has 0 atom stereocenters. The second kappa shape index (κ2) is 15.7. The van der Waals surface area contributed by atoms with Crippen molar-refractivity contribution < 1.29 is 25.2 Å². The van der Waals surface area contributed by atoms with Gasteiger partial charge in [0.15, 0.2) is 0 Å². The number of aryl methyl sites for hydroxylation is 2. The lowest BCUT2D eigenvalue weighted by Gasteiger charge is -2.25. The molecule has 0 aliphatic rings. The number of rotatable bonds is 16. The van der Waals surface area contributed by atoms with Gasteiger partial charge in [-0.05, 0) is 67.6 Å². The standard InChI is InChI=1S/C33H39N3O6S3/c1-25-22-31(36(18-8-20-41-44(3,37)38)19-9-21-42-45(4,39)40)17-14-29(25)24-34-30-15-12-28(13-16-30)33-26(2)43-32(35-33)23-27-10-6-5-7-11-27/h5-7,10-17,22,24H,8-9,18-21,23H2,1-4H3. The van der Waals surface area contributed by atoms with Gasteiger partial charge in [-0.1, -0.05) is 48.5 Å². The van der Waals surface area contributed by atoms with Gasteiger partial charge >= 0.3 is 0 Å². The van der Waals surface area contributed by atoms with E-state index < -0.39 is 20.2 Å². The van der Waals surface area contributed by atoms with Crippen molar-refractivity contribution in [1.29, 1.82) is 0 Å². The van der Waals surface area contributed by atoms with Crippen molar-refractivity contribution in [2.24, 2.45) is 4.99 Å². The number of aliphatic imine (C=N–C) groups is 1. The molecule has 3 aromatic carbocycles. The minimum absolute atomic E-state index is 0.0641. The monoisotopic (exact) mass is 669 g/mol. The molecule has 0 saturated carbocycles. The van der Waals surface area contributed by atoms with Crippen LogP contribution in [0.5, 0.6) is 0 Å². The second-order valence-electron chi connectivity index (χ2n) is 10.8. The summed E-state index contributed by atoms with van der Waals surface area (Å²) in [5.74, 6) is 0. The lowest BCUT2D eigenvalue weighted by Crippen LogP contribution is -2.28. The first kappa shape index (κ1) is 34.5. The van der Waals surface area contributed by atoms with Crippen LogP contribution in [0.25, 0.3) is 11.3 Å². The third-order valence-corrected chi connectivity index (χ3v) is 9.05. The van der Waals surface area contributed by atoms with Crippen LogP contribution >= 0.6 is 11.3 Å². The molecule has 1 aromatic heterocycles. The van der Waals surface area contributed by atoms with Gasteiger partial charge in [-0.2, -0.15) is 16.8 Å². The van der Waals surface area contributed by atoms with Gasteiger partial charge in [0.25, 0.3) is 20.2 Å². The third-order valence-electron chi connectivity index (χ3n) is 6.89. The summed E-state index contributed by atoms with van der Waals surface area (Å²) in [7, 11) is -7.03. The first-order valence-corrected chi connectivity index (χ1v) is 19.0. The van der Waals surface area contributed by atoms with Crippen LogP contribution in [0.15, 0.2) is 77.8 Å². The molecular formula is C33H39N3O6S3. The van der Waals surface area contributed by atoms with Crippen LogP contribution in [0, 0.1) is 13.8 Å². The number of nitrogens with zero attached hydrogens (tertiary/aromatic N) is 3. The average Bonchev–Trinajstić information content (AvgIpc) is 3.34. The van der Waals surface area contributed by atoms with Crippen LogP contribution in [0.3, 0.4) is 0 Å². The van der Waals surface area contributed by atoms with Gasteiger partial charge in [0.2, 0.25) is 0 Å². The summed E-state index contributed by atoms with van der Waals surface area (Å²) in [4.78, 5) is 12.9. The van der Waals surface area contributed by atoms with E-state index in [1.807, 2.05) is 61.7 Å². The third kappa shape index (κ3) is 11.5. The molecule has 45 heavy (non-hydrogen) atoms. The minimum Gasteiger partial charge on any atom is -0.371 e. The molecule has 0 spiro atoms. The largest absolute Gasteiger partial charge is 0.371 e. The molecule has 12 heteroatoms. The fourth-order valence-electron chi connectivity index (χ4n) is 4.72. The Morgan fingerprint density at radius 1 is 0.844 bits per heavy atom. The Balaban J connectivity index is 1.41. The molecule has 240 valence electrons. The van der Waals surface area contributed by atoms with Crippen LogP contribution < -0.4 is 4.90 Å². The molecule has 0 amide bonds. The van der Waals surface area contributed by atoms with Gasteiger partial charge in [-0.3, -0.25) is 13.4 Å². The summed E-state index contributed by atoms with van der Waals surface area (Å²) >= 11 is 1.73. The predicted octanol–water partition coefficient (Wildman–Crippen LogP) is 6.31. The Morgan fingerprint density at radius 3 is 2.04 bits per heavy atom. The number of hydrogen-bond donors (Lipinski definition) is 0. The van der Waals surface area contributed by atoms with E-state index in [1.165, 1.54) is 10.4 Å². The summed E-state index contributed by atoms with van der Waals surface area (Å²) in [6.07, 6.45) is 5.66. The molecule has 1 heterocycles. The van der Waals surface area contributed by atoms with Crippen LogP contribution in [-0.4, -0.2) is 66.8 Å². The fraction of sp³-hybridized carbons (Fsp3) is 0.333. The maximum absolute atomic E-state index is 11.3. The number of hydrogen-bond acceptors (Lipinski definition) is 10. The highest BCUT2D eigenvalue weighted by Crippen LogP contribution is 2.30. The summed E-state index contributed by atoms with van der Waals surface area (Å²) in [5.41, 5.74) is 7.05. The van der Waals surface area contributed by atoms with Crippen molar-refractivity contribution in [2.45, 2.75) is 33.1 Å². The number of aromatic nitrogens is 1. The summed E-state index contributed by atoms with van der Waals surface area (Å²) < 4.78 is 55.1. The normalized spacial score (nSPS) is 12.2. The SMILES string of the molecule is Cc1cc(N(CCCOS(C)(=O)=O)CCCOS(C)(=O)=O)ccc1C=Nc1ccc(-c2nc(Cc3ccccc3)sc2C)cc1. The number of anilines is 1. The first-order chi connectivity index (χ1) is 21.4. The van der Waals surface area contributed by atoms with Gasteiger partial charge in [-0.15, -0.1) is 11.3 Å². The van der Waals surface area contributed by atoms with Gasteiger partial charge in [-0.25, -0.2) is 4.98 Å². The number of benzene rings is 3. The molecular weight excluding hydrogens is 631 g/mol. The quantitative estimate of drug-likeness (QED) is 0.0775. The Morgan fingerprint density at radius 2 is 1.47 bits per heavy atom. The average molecular weight is 670 g/mol. The van der Waals surface area contributed by atoms with Crippen molar-refractivity contribution in [2.75, 3.05) is 43.7 Å². The van der Waals surface area contributed by atoms with Gasteiger partial charge < -0.3 is 4.90 Å². The lowest BCUT2D eigenvalue weighted by molar-refractivity contribution is 0.310. The Labute approximate surface area is 270 Å². The maximum atomic E-state index is 11.3. The van der Waals surface area contributed by atoms with Gasteiger partial charge in [0.05, 0.1) is 42.1 Å². The van der Waals surface area contributed by atoms with E-state index in [2.05, 4.69) is 36.1 Å². The van der Waals surface area contributed by atoms with Crippen molar-refractivity contribution in [3.63, 3.8) is 0 Å². The zero-order valence-electron chi connectivity index (χ0n) is 26.0. The van der Waals surface area contributed by atoms with E-state index in [1.54, 1.807) is 11.3 Å². The van der Waals surface area contributed by atoms with Gasteiger partial charge in [0, 0.05) is 41.9 Å². The smallest absolute Gasteiger partial charge is 0.264 e. The molecule has 4 rings (SSSR count). The topological polar surface area (TPSA) is 115 Å². The Kier molecular flexibility index (Phi) is 12.0. The molecule has 9 nitrogen and oxygen atoms in total. The maximum Gasteiger partial charge on any atom is 0.264 e. The summed E-state index contributed by atoms with van der Waals surface area (Å²) in [6, 6.07) is 24.4. The Hall–Kier alpha value is -3.42. The molecule has 0 N–H and O–H groups in total. The first-order valence-electron chi connectivity index (χ1n) is 14.6. The molecule has 4 aromatic rings. The molecule has 0 bridgehead atoms. The molecule has 0 radical (unpaired) electrons. The zero-order chi connectivity index (χ0) is 32.5. The fourth-order valence-corrected chi connectivity index (χ4v) is 6.55. The van der Waals surface area contributed by atoms with Crippen LogP contribution in [0.2, 0.25) is 0 Å². The summed E-state index contributed by atoms with van der Waals surface area (Å²) in [6.45, 7) is 5.29. The van der Waals surface area contributed by atoms with E-state index in [0.29, 0.717) is 25.9 Å². The summed E-state index contributed by atoms with van der Waals surface area (Å²) in [5, 5.41) is 1.10. The van der Waals surface area contributed by atoms with Gasteiger partial charge in [0.1, 0.15) is 0 Å². The zero-order valence-corrected chi connectivity index (χ0v) is 28.4. The van der Waals surface area contributed by atoms with Crippen LogP contribution in [0.1, 0.15) is 39.4 Å². The van der Waals surface area contributed by atoms with Crippen molar-refractivity contribution in [3.05, 3.63) is 99.4 Å². The van der Waals surface area contributed by atoms with E-state index >= 15 is 0 Å². The van der Waals surface area contributed by atoms with E-state index in [0.717, 1.165) is 57.7 Å². The molecule has 0 unspecified atom stereocenters. The lowest BCUT2D eigenvalue weighted by atomic mass is 10.1. The van der Waals surface area contributed by atoms with E-state index in [9.17, 15) is 16.8 Å². The predicted molar refractivity (Wildman–Crippen MR) is 183 cm³/mol. The Bertz CT molecular complexity index is 1760. The van der Waals surface area contributed by atoms with E-state index in [-0.39, 0.29) is 13.2 Å². The highest BCUT2D eigenvalue weighted by Gasteiger charge is 2.12. The van der Waals surface area contributed by atoms with E-state index in [4.69, 9.17) is 18.3 Å². The molecule has 0 aliphatic carbocycles. The second-order valence-corrected chi connectivity index (χ2v) is 15.3. The van der Waals surface area contributed by atoms with Crippen LogP contribution in [0.4, 0.5) is 11.4 Å². The molecule has 0 saturated heterocycles. The van der Waals surface area contributed by atoms with Crippen molar-refractivity contribution in [1.82, 2.24) is 4.98 Å². The number of thiazole rings is 1. The molecule has 0 fully saturated rings.